The number of benzene rings is 1. The Morgan fingerprint density at radius 1 is 1.23 bits per heavy atom. The van der Waals surface area contributed by atoms with Gasteiger partial charge in [-0.3, -0.25) is 9.59 Å². The van der Waals surface area contributed by atoms with Crippen LogP contribution in [0.3, 0.4) is 0 Å². The molecule has 1 heterocycles. The zero-order valence-electron chi connectivity index (χ0n) is 11.7. The molecule has 116 valence electrons. The van der Waals surface area contributed by atoms with Crippen molar-refractivity contribution in [3.8, 4) is 11.3 Å². The average Bonchev–Trinajstić information content (AvgIpc) is 2.97. The zero-order valence-corrected chi connectivity index (χ0v) is 12.5. The van der Waals surface area contributed by atoms with Crippen LogP contribution in [0.4, 0.5) is 0 Å². The Morgan fingerprint density at radius 3 is 2.55 bits per heavy atom. The molecule has 3 N–H and O–H groups in total. The number of hydrogen-bond acceptors (Lipinski definition) is 5. The lowest BCUT2D eigenvalue weighted by atomic mass is 10.2. The summed E-state index contributed by atoms with van der Waals surface area (Å²) in [6.07, 6.45) is 0.0546. The summed E-state index contributed by atoms with van der Waals surface area (Å²) in [4.78, 5) is 22.2. The van der Waals surface area contributed by atoms with Crippen molar-refractivity contribution in [1.29, 1.82) is 0 Å². The molecule has 8 heteroatoms. The van der Waals surface area contributed by atoms with Gasteiger partial charge in [0.25, 0.3) is 15.9 Å². The van der Waals surface area contributed by atoms with Crippen LogP contribution >= 0.6 is 0 Å². The van der Waals surface area contributed by atoms with E-state index in [1.165, 1.54) is 30.3 Å². The number of rotatable bonds is 5. The molecule has 2 amide bonds. The molecular formula is C14H14N2O5S. The molecule has 0 aliphatic heterocycles. The van der Waals surface area contributed by atoms with E-state index in [1.807, 2.05) is 4.72 Å². The lowest BCUT2D eigenvalue weighted by Crippen LogP contribution is -2.29. The first-order valence-electron chi connectivity index (χ1n) is 6.39. The maximum atomic E-state index is 12.1. The standard InChI is InChI=1S/C14H14N2O5S/c1-2-13(17)16-22(19,20)10-5-3-4-9(8-10)11-6-7-12(21-11)14(15)18/h3-8H,2H2,1H3,(H2,15,18)(H,16,17). The van der Waals surface area contributed by atoms with E-state index in [0.717, 1.165) is 0 Å². The van der Waals surface area contributed by atoms with E-state index >= 15 is 0 Å². The predicted octanol–water partition coefficient (Wildman–Crippen LogP) is 1.26. The first kappa shape index (κ1) is 15.8. The van der Waals surface area contributed by atoms with Gasteiger partial charge < -0.3 is 10.2 Å². The number of carbonyl (C=O) groups excluding carboxylic acids is 2. The molecule has 0 aliphatic carbocycles. The molecular weight excluding hydrogens is 308 g/mol. The third-order valence-corrected chi connectivity index (χ3v) is 4.22. The second kappa shape index (κ2) is 6.02. The van der Waals surface area contributed by atoms with Crippen LogP contribution in [-0.4, -0.2) is 20.2 Å². The van der Waals surface area contributed by atoms with Crippen LogP contribution in [0.2, 0.25) is 0 Å². The van der Waals surface area contributed by atoms with Crippen molar-refractivity contribution in [2.45, 2.75) is 18.2 Å². The van der Waals surface area contributed by atoms with Gasteiger partial charge in [0.1, 0.15) is 5.76 Å². The van der Waals surface area contributed by atoms with E-state index in [0.29, 0.717) is 11.3 Å². The summed E-state index contributed by atoms with van der Waals surface area (Å²) in [7, 11) is -3.94. The molecule has 0 fully saturated rings. The van der Waals surface area contributed by atoms with Gasteiger partial charge in [-0.15, -0.1) is 0 Å². The maximum absolute atomic E-state index is 12.1. The molecule has 7 nitrogen and oxygen atoms in total. The Balaban J connectivity index is 2.37. The van der Waals surface area contributed by atoms with Gasteiger partial charge >= 0.3 is 0 Å². The van der Waals surface area contributed by atoms with Gasteiger partial charge in [-0.05, 0) is 24.3 Å². The number of furan rings is 1. The summed E-state index contributed by atoms with van der Waals surface area (Å²) in [6.45, 7) is 1.55. The third-order valence-electron chi connectivity index (χ3n) is 2.85. The Morgan fingerprint density at radius 2 is 1.95 bits per heavy atom. The molecule has 0 aliphatic rings. The number of carbonyl (C=O) groups is 2. The molecule has 1 aromatic carbocycles. The summed E-state index contributed by atoms with van der Waals surface area (Å²) >= 11 is 0. The lowest BCUT2D eigenvalue weighted by molar-refractivity contribution is -0.119. The number of nitrogens with one attached hydrogen (secondary N) is 1. The van der Waals surface area contributed by atoms with Gasteiger partial charge in [-0.2, -0.15) is 0 Å². The minimum Gasteiger partial charge on any atom is -0.451 e. The van der Waals surface area contributed by atoms with Crippen LogP contribution < -0.4 is 10.5 Å². The van der Waals surface area contributed by atoms with Crippen molar-refractivity contribution in [2.24, 2.45) is 5.73 Å². The van der Waals surface area contributed by atoms with Crippen molar-refractivity contribution >= 4 is 21.8 Å². The molecule has 0 saturated carbocycles. The molecule has 1 aromatic heterocycles. The van der Waals surface area contributed by atoms with Gasteiger partial charge in [0.05, 0.1) is 4.90 Å². The van der Waals surface area contributed by atoms with E-state index in [2.05, 4.69) is 0 Å². The Hall–Kier alpha value is -2.61. The van der Waals surface area contributed by atoms with Crippen LogP contribution in [0, 0.1) is 0 Å². The third kappa shape index (κ3) is 3.34. The van der Waals surface area contributed by atoms with Gasteiger partial charge in [-0.25, -0.2) is 13.1 Å². The molecule has 0 radical (unpaired) electrons. The SMILES string of the molecule is CCC(=O)NS(=O)(=O)c1cccc(-c2ccc(C(N)=O)o2)c1. The second-order valence-corrected chi connectivity index (χ2v) is 6.12. The summed E-state index contributed by atoms with van der Waals surface area (Å²) < 4.78 is 31.3. The van der Waals surface area contributed by atoms with Gasteiger partial charge in [0.2, 0.25) is 5.91 Å². The van der Waals surface area contributed by atoms with E-state index < -0.39 is 21.8 Å². The van der Waals surface area contributed by atoms with E-state index in [4.69, 9.17) is 10.2 Å². The van der Waals surface area contributed by atoms with E-state index in [-0.39, 0.29) is 17.1 Å². The normalized spacial score (nSPS) is 11.1. The molecule has 0 unspecified atom stereocenters. The highest BCUT2D eigenvalue weighted by atomic mass is 32.2. The summed E-state index contributed by atoms with van der Waals surface area (Å²) in [5.41, 5.74) is 5.54. The molecule has 0 bridgehead atoms. The zero-order chi connectivity index (χ0) is 16.3. The smallest absolute Gasteiger partial charge is 0.284 e. The van der Waals surface area contributed by atoms with E-state index in [1.54, 1.807) is 13.0 Å². The molecule has 0 spiro atoms. The fraction of sp³-hybridized carbons (Fsp3) is 0.143. The fourth-order valence-corrected chi connectivity index (χ4v) is 2.82. The highest BCUT2D eigenvalue weighted by molar-refractivity contribution is 7.90. The molecule has 0 atom stereocenters. The molecule has 0 saturated heterocycles. The molecule has 2 rings (SSSR count). The monoisotopic (exact) mass is 322 g/mol. The number of primary amides is 1. The van der Waals surface area contributed by atoms with Crippen LogP contribution in [-0.2, 0) is 14.8 Å². The summed E-state index contributed by atoms with van der Waals surface area (Å²) in [5.74, 6) is -1.04. The summed E-state index contributed by atoms with van der Waals surface area (Å²) in [6, 6.07) is 8.73. The van der Waals surface area contributed by atoms with Crippen molar-refractivity contribution in [3.63, 3.8) is 0 Å². The minimum absolute atomic E-state index is 0.0254. The highest BCUT2D eigenvalue weighted by Gasteiger charge is 2.18. The van der Waals surface area contributed by atoms with Crippen molar-refractivity contribution in [2.75, 3.05) is 0 Å². The van der Waals surface area contributed by atoms with Crippen LogP contribution in [0.1, 0.15) is 23.9 Å². The lowest BCUT2D eigenvalue weighted by Gasteiger charge is -2.06. The minimum atomic E-state index is -3.94. The predicted molar refractivity (Wildman–Crippen MR) is 78.3 cm³/mol. The van der Waals surface area contributed by atoms with Crippen molar-refractivity contribution < 1.29 is 22.4 Å². The maximum Gasteiger partial charge on any atom is 0.284 e. The first-order valence-corrected chi connectivity index (χ1v) is 7.87. The van der Waals surface area contributed by atoms with Crippen molar-refractivity contribution in [1.82, 2.24) is 4.72 Å². The van der Waals surface area contributed by atoms with Crippen molar-refractivity contribution in [3.05, 3.63) is 42.2 Å². The number of amides is 2. The molecule has 22 heavy (non-hydrogen) atoms. The van der Waals surface area contributed by atoms with E-state index in [9.17, 15) is 18.0 Å². The van der Waals surface area contributed by atoms with Crippen LogP contribution in [0.5, 0.6) is 0 Å². The Bertz CT molecular complexity index is 823. The first-order chi connectivity index (χ1) is 10.3. The topological polar surface area (TPSA) is 119 Å². The van der Waals surface area contributed by atoms with Gasteiger partial charge in [0, 0.05) is 12.0 Å². The highest BCUT2D eigenvalue weighted by Crippen LogP contribution is 2.24. The largest absolute Gasteiger partial charge is 0.451 e. The van der Waals surface area contributed by atoms with Crippen LogP contribution in [0.15, 0.2) is 45.7 Å². The molecule has 2 aromatic rings. The Labute approximate surface area is 127 Å². The quantitative estimate of drug-likeness (QED) is 0.858. The van der Waals surface area contributed by atoms with Gasteiger partial charge in [-0.1, -0.05) is 19.1 Å². The van der Waals surface area contributed by atoms with Gasteiger partial charge in [0.15, 0.2) is 5.76 Å². The average molecular weight is 322 g/mol. The number of sulfonamides is 1. The van der Waals surface area contributed by atoms with Crippen LogP contribution in [0.25, 0.3) is 11.3 Å². The Kier molecular flexibility index (Phi) is 4.32. The number of hydrogen-bond donors (Lipinski definition) is 2. The summed E-state index contributed by atoms with van der Waals surface area (Å²) in [5, 5.41) is 0. The number of nitrogens with two attached hydrogens (primary N) is 1. The fourth-order valence-electron chi connectivity index (χ4n) is 1.72. The second-order valence-electron chi connectivity index (χ2n) is 4.44.